The average molecular weight is 621 g/mol. The summed E-state index contributed by atoms with van der Waals surface area (Å²) in [5, 5.41) is 8.81. The third kappa shape index (κ3) is 5.58. The maximum atomic E-state index is 14.4. The molecular formula is C39H49BN2O4. The third-order valence-corrected chi connectivity index (χ3v) is 12.0. The molecule has 2 unspecified atom stereocenters. The highest BCUT2D eigenvalue weighted by atomic mass is 16.7. The largest absolute Gasteiger partial charge is 0.481 e. The number of carbonyl (C=O) groups excluding carboxylic acids is 2. The quantitative estimate of drug-likeness (QED) is 0.259. The molecule has 2 N–H and O–H groups in total. The molecule has 0 spiro atoms. The molecule has 4 fully saturated rings. The Balaban J connectivity index is 1.15. The second kappa shape index (κ2) is 12.1. The number of fused-ring (bicyclic) bond motifs is 2. The van der Waals surface area contributed by atoms with Crippen molar-refractivity contribution < 1.29 is 18.9 Å². The first-order valence-electron chi connectivity index (χ1n) is 17.5. The van der Waals surface area contributed by atoms with Crippen LogP contribution in [0.25, 0.3) is 10.8 Å². The van der Waals surface area contributed by atoms with Gasteiger partial charge in [0.15, 0.2) is 0 Å². The molecule has 4 aliphatic carbocycles. The molecule has 7 atom stereocenters. The molecule has 0 aromatic heterocycles. The molecule has 2 amide bonds. The smallest absolute Gasteiger partial charge is 0.404 e. The van der Waals surface area contributed by atoms with E-state index in [1.807, 2.05) is 30.3 Å². The van der Waals surface area contributed by atoms with E-state index in [0.717, 1.165) is 54.0 Å². The molecule has 8 rings (SSSR count). The van der Waals surface area contributed by atoms with E-state index in [4.69, 9.17) is 9.31 Å². The first-order valence-corrected chi connectivity index (χ1v) is 17.5. The van der Waals surface area contributed by atoms with Gasteiger partial charge < -0.3 is 19.9 Å². The summed E-state index contributed by atoms with van der Waals surface area (Å²) in [6.07, 6.45) is 6.07. The summed E-state index contributed by atoms with van der Waals surface area (Å²) in [7, 11) is -0.518. The van der Waals surface area contributed by atoms with Crippen LogP contribution in [0.3, 0.4) is 0 Å². The maximum absolute atomic E-state index is 14.4. The van der Waals surface area contributed by atoms with Crippen molar-refractivity contribution in [3.05, 3.63) is 83.4 Å². The molecule has 1 aliphatic heterocycles. The van der Waals surface area contributed by atoms with Gasteiger partial charge >= 0.3 is 7.12 Å². The lowest BCUT2D eigenvalue weighted by Gasteiger charge is -2.64. The highest BCUT2D eigenvalue weighted by Crippen LogP contribution is 2.65. The van der Waals surface area contributed by atoms with Gasteiger partial charge in [-0.15, -0.1) is 0 Å². The van der Waals surface area contributed by atoms with Crippen LogP contribution in [0.1, 0.15) is 89.3 Å². The molecular weight excluding hydrogens is 571 g/mol. The van der Waals surface area contributed by atoms with Crippen molar-refractivity contribution >= 4 is 29.7 Å². The molecule has 0 radical (unpaired) electrons. The summed E-state index contributed by atoms with van der Waals surface area (Å²) in [5.41, 5.74) is 3.24. The molecule has 3 aromatic carbocycles. The zero-order valence-electron chi connectivity index (χ0n) is 28.1. The van der Waals surface area contributed by atoms with Crippen molar-refractivity contribution in [2.75, 3.05) is 0 Å². The summed E-state index contributed by atoms with van der Waals surface area (Å²) in [6.45, 7) is 11.3. The second-order valence-electron chi connectivity index (χ2n) is 15.6. The number of amides is 2. The van der Waals surface area contributed by atoms with Crippen molar-refractivity contribution in [2.24, 2.45) is 23.2 Å². The minimum absolute atomic E-state index is 0.0402. The number of aryl methyl sites for hydroxylation is 1. The van der Waals surface area contributed by atoms with Gasteiger partial charge in [-0.25, -0.2) is 0 Å². The summed E-state index contributed by atoms with van der Waals surface area (Å²) in [5.74, 6) is 0.566. The number of benzene rings is 3. The van der Waals surface area contributed by atoms with E-state index >= 15 is 0 Å². The van der Waals surface area contributed by atoms with Gasteiger partial charge in [-0.3, -0.25) is 9.59 Å². The van der Waals surface area contributed by atoms with Crippen LogP contribution in [0.2, 0.25) is 0 Å². The summed E-state index contributed by atoms with van der Waals surface area (Å²) in [4.78, 5) is 28.5. The molecule has 3 saturated carbocycles. The highest BCUT2D eigenvalue weighted by Gasteiger charge is 2.68. The van der Waals surface area contributed by atoms with Crippen LogP contribution in [-0.2, 0) is 31.7 Å². The standard InChI is InChI=1S/C39H49BN2O4/c1-24(2)20-35(40-45-34-23-28-22-33(38(28,3)4)39(34,5)46-40)42-37(44)32(21-27-16-10-14-25-12-6-8-17-29(25)27)41-36(43)31-19-11-15-26-13-7-9-18-30(26)31/h6-10,12-14,16-18,24,28,31-35H,11,15,19-23H2,1-5H3,(H,41,43)(H,42,44)/t28-,31?,32-,33-,34?,35-,39-/m0/s1. The first-order chi connectivity index (χ1) is 22.0. The van der Waals surface area contributed by atoms with Gasteiger partial charge in [0, 0.05) is 6.42 Å². The normalized spacial score (nSPS) is 29.0. The van der Waals surface area contributed by atoms with Crippen molar-refractivity contribution in [3.63, 3.8) is 0 Å². The van der Waals surface area contributed by atoms with Gasteiger partial charge in [-0.2, -0.15) is 0 Å². The Kier molecular flexibility index (Phi) is 8.30. The van der Waals surface area contributed by atoms with Crippen LogP contribution in [0.4, 0.5) is 0 Å². The summed E-state index contributed by atoms with van der Waals surface area (Å²) >= 11 is 0. The Morgan fingerprint density at radius 3 is 2.52 bits per heavy atom. The van der Waals surface area contributed by atoms with E-state index < -0.39 is 13.2 Å². The van der Waals surface area contributed by atoms with Crippen molar-refractivity contribution in [2.45, 2.75) is 109 Å². The number of rotatable bonds is 9. The predicted octanol–water partition coefficient (Wildman–Crippen LogP) is 6.79. The molecule has 1 saturated heterocycles. The minimum Gasteiger partial charge on any atom is -0.404 e. The van der Waals surface area contributed by atoms with Gasteiger partial charge in [-0.05, 0) is 96.1 Å². The maximum Gasteiger partial charge on any atom is 0.481 e. The van der Waals surface area contributed by atoms with Crippen LogP contribution in [0.15, 0.2) is 66.7 Å². The van der Waals surface area contributed by atoms with Crippen LogP contribution in [0, 0.1) is 23.2 Å². The number of hydrogen-bond donors (Lipinski definition) is 2. The third-order valence-electron chi connectivity index (χ3n) is 12.0. The van der Waals surface area contributed by atoms with E-state index in [9.17, 15) is 9.59 Å². The van der Waals surface area contributed by atoms with Crippen LogP contribution in [0.5, 0.6) is 0 Å². The van der Waals surface area contributed by atoms with E-state index in [0.29, 0.717) is 24.2 Å². The molecule has 7 heteroatoms. The Labute approximate surface area is 274 Å². The van der Waals surface area contributed by atoms with Crippen molar-refractivity contribution in [1.82, 2.24) is 10.6 Å². The molecule has 46 heavy (non-hydrogen) atoms. The fraction of sp³-hybridized carbons (Fsp3) is 0.538. The lowest BCUT2D eigenvalue weighted by atomic mass is 9.43. The van der Waals surface area contributed by atoms with Crippen LogP contribution in [-0.4, -0.2) is 42.6 Å². The zero-order valence-corrected chi connectivity index (χ0v) is 28.1. The Morgan fingerprint density at radius 2 is 1.72 bits per heavy atom. The monoisotopic (exact) mass is 620 g/mol. The van der Waals surface area contributed by atoms with E-state index in [1.54, 1.807) is 0 Å². The Hall–Kier alpha value is -3.16. The lowest BCUT2D eigenvalue weighted by Crippen LogP contribution is -2.65. The fourth-order valence-electron chi connectivity index (χ4n) is 9.30. The number of nitrogens with one attached hydrogen (secondary N) is 2. The molecule has 2 bridgehead atoms. The minimum atomic E-state index is -0.743. The summed E-state index contributed by atoms with van der Waals surface area (Å²) in [6, 6.07) is 21.9. The van der Waals surface area contributed by atoms with Gasteiger partial charge in [-0.1, -0.05) is 94.4 Å². The Bertz CT molecular complexity index is 1620. The SMILES string of the molecule is CC(C)C[C@H](NC(=O)[C@H](Cc1cccc2ccccc12)NC(=O)C1CCCc2ccccc21)B1OC2C[C@@H]3C[C@@H](C3(C)C)[C@]2(C)O1. The average Bonchev–Trinajstić information content (AvgIpc) is 3.41. The van der Waals surface area contributed by atoms with Crippen molar-refractivity contribution in [1.29, 1.82) is 0 Å². The fourth-order valence-corrected chi connectivity index (χ4v) is 9.30. The molecule has 1 heterocycles. The first kappa shape index (κ1) is 31.4. The van der Waals surface area contributed by atoms with Gasteiger partial charge in [0.1, 0.15) is 6.04 Å². The van der Waals surface area contributed by atoms with E-state index in [1.165, 1.54) is 12.0 Å². The molecule has 5 aliphatic rings. The highest BCUT2D eigenvalue weighted by molar-refractivity contribution is 6.48. The lowest BCUT2D eigenvalue weighted by molar-refractivity contribution is -0.199. The topological polar surface area (TPSA) is 76.7 Å². The molecule has 6 nitrogen and oxygen atoms in total. The second-order valence-corrected chi connectivity index (χ2v) is 15.6. The van der Waals surface area contributed by atoms with Gasteiger partial charge in [0.2, 0.25) is 11.8 Å². The summed E-state index contributed by atoms with van der Waals surface area (Å²) < 4.78 is 13.5. The Morgan fingerprint density at radius 1 is 0.957 bits per heavy atom. The molecule has 242 valence electrons. The number of hydrogen-bond acceptors (Lipinski definition) is 4. The zero-order chi connectivity index (χ0) is 32.2. The van der Waals surface area contributed by atoms with Gasteiger partial charge in [0.25, 0.3) is 0 Å². The van der Waals surface area contributed by atoms with Crippen LogP contribution < -0.4 is 10.6 Å². The van der Waals surface area contributed by atoms with Crippen LogP contribution >= 0.6 is 0 Å². The number of carbonyl (C=O) groups is 2. The van der Waals surface area contributed by atoms with Gasteiger partial charge in [0.05, 0.1) is 23.6 Å². The van der Waals surface area contributed by atoms with Crippen molar-refractivity contribution in [3.8, 4) is 0 Å². The van der Waals surface area contributed by atoms with E-state index in [-0.39, 0.29) is 40.8 Å². The predicted molar refractivity (Wildman–Crippen MR) is 183 cm³/mol. The van der Waals surface area contributed by atoms with E-state index in [2.05, 4.69) is 81.7 Å². The molecule has 3 aromatic rings.